The smallest absolute Gasteiger partial charge is 0.123 e. The van der Waals surface area contributed by atoms with Gasteiger partial charge in [-0.1, -0.05) is 24.3 Å². The van der Waals surface area contributed by atoms with E-state index in [9.17, 15) is 4.39 Å². The van der Waals surface area contributed by atoms with Crippen molar-refractivity contribution in [3.8, 4) is 0 Å². The fourth-order valence-corrected chi connectivity index (χ4v) is 4.24. The largest absolute Gasteiger partial charge is 0.337 e. The first-order chi connectivity index (χ1) is 12.7. The third-order valence-corrected chi connectivity index (χ3v) is 5.97. The maximum absolute atomic E-state index is 13.1. The molecule has 1 aromatic carbocycles. The molecule has 0 amide bonds. The number of hydrogen-bond donors (Lipinski definition) is 1. The van der Waals surface area contributed by atoms with E-state index in [0.29, 0.717) is 11.5 Å². The van der Waals surface area contributed by atoms with Gasteiger partial charge in [-0.15, -0.1) is 0 Å². The number of nitrogens with zero attached hydrogens (tertiary/aromatic N) is 3. The van der Waals surface area contributed by atoms with Gasteiger partial charge in [0.15, 0.2) is 0 Å². The molecule has 2 heterocycles. The number of halogens is 1. The SMILES string of the molecule is Cn1ccnc1CN(C/C=C\c1ccc(F)cc1)C1CC12CCNCC2. The fourth-order valence-electron chi connectivity index (χ4n) is 4.24. The summed E-state index contributed by atoms with van der Waals surface area (Å²) in [5, 5.41) is 3.48. The fraction of sp³-hybridized carbons (Fsp3) is 0.476. The van der Waals surface area contributed by atoms with Crippen LogP contribution in [0.3, 0.4) is 0 Å². The van der Waals surface area contributed by atoms with Crippen LogP contribution < -0.4 is 5.32 Å². The van der Waals surface area contributed by atoms with E-state index < -0.39 is 0 Å². The molecule has 0 bridgehead atoms. The summed E-state index contributed by atoms with van der Waals surface area (Å²) < 4.78 is 15.2. The Morgan fingerprint density at radius 2 is 2.08 bits per heavy atom. The first-order valence-electron chi connectivity index (χ1n) is 9.49. The number of hydrogen-bond acceptors (Lipinski definition) is 3. The Labute approximate surface area is 154 Å². The molecule has 2 aliphatic rings. The zero-order chi connectivity index (χ0) is 18.0. The van der Waals surface area contributed by atoms with Crippen LogP contribution in [0.4, 0.5) is 4.39 Å². The van der Waals surface area contributed by atoms with E-state index in [1.165, 1.54) is 31.4 Å². The van der Waals surface area contributed by atoms with E-state index in [-0.39, 0.29) is 5.82 Å². The minimum Gasteiger partial charge on any atom is -0.337 e. The van der Waals surface area contributed by atoms with Gasteiger partial charge in [0, 0.05) is 32.0 Å². The zero-order valence-corrected chi connectivity index (χ0v) is 15.4. The molecule has 1 aliphatic carbocycles. The van der Waals surface area contributed by atoms with Crippen molar-refractivity contribution in [3.05, 3.63) is 59.9 Å². The molecule has 138 valence electrons. The molecular formula is C21H27FN4. The number of aromatic nitrogens is 2. The summed E-state index contributed by atoms with van der Waals surface area (Å²) in [7, 11) is 2.06. The van der Waals surface area contributed by atoms with Gasteiger partial charge in [-0.25, -0.2) is 9.37 Å². The van der Waals surface area contributed by atoms with E-state index in [0.717, 1.165) is 37.6 Å². The highest BCUT2D eigenvalue weighted by Gasteiger charge is 2.56. The van der Waals surface area contributed by atoms with Gasteiger partial charge >= 0.3 is 0 Å². The molecule has 1 atom stereocenters. The highest BCUT2D eigenvalue weighted by Crippen LogP contribution is 2.55. The Morgan fingerprint density at radius 3 is 2.77 bits per heavy atom. The Morgan fingerprint density at radius 1 is 1.31 bits per heavy atom. The average Bonchev–Trinajstić information content (AvgIpc) is 3.17. The van der Waals surface area contributed by atoms with Crippen molar-refractivity contribution < 1.29 is 4.39 Å². The number of piperidine rings is 1. The van der Waals surface area contributed by atoms with Gasteiger partial charge in [0.1, 0.15) is 11.6 Å². The van der Waals surface area contributed by atoms with Crippen LogP contribution in [0.2, 0.25) is 0 Å². The number of benzene rings is 1. The number of imidazole rings is 1. The van der Waals surface area contributed by atoms with Crippen LogP contribution >= 0.6 is 0 Å². The topological polar surface area (TPSA) is 33.1 Å². The minimum absolute atomic E-state index is 0.190. The maximum Gasteiger partial charge on any atom is 0.123 e. The van der Waals surface area contributed by atoms with Crippen molar-refractivity contribution in [2.45, 2.75) is 31.8 Å². The highest BCUT2D eigenvalue weighted by atomic mass is 19.1. The van der Waals surface area contributed by atoms with Crippen LogP contribution in [0.5, 0.6) is 0 Å². The molecule has 0 radical (unpaired) electrons. The van der Waals surface area contributed by atoms with Gasteiger partial charge in [-0.2, -0.15) is 0 Å². The molecule has 1 N–H and O–H groups in total. The predicted octanol–water partition coefficient (Wildman–Crippen LogP) is 3.22. The number of nitrogens with one attached hydrogen (secondary N) is 1. The first kappa shape index (κ1) is 17.4. The molecule has 1 saturated carbocycles. The van der Waals surface area contributed by atoms with Crippen LogP contribution in [0.25, 0.3) is 6.08 Å². The average molecular weight is 354 g/mol. The third kappa shape index (κ3) is 3.74. The van der Waals surface area contributed by atoms with Crippen LogP contribution in [0.1, 0.15) is 30.7 Å². The predicted molar refractivity (Wildman–Crippen MR) is 102 cm³/mol. The van der Waals surface area contributed by atoms with Gasteiger partial charge in [-0.05, 0) is 55.5 Å². The number of rotatable bonds is 6. The molecule has 1 spiro atoms. The second-order valence-electron chi connectivity index (χ2n) is 7.67. The lowest BCUT2D eigenvalue weighted by Gasteiger charge is -2.28. The molecule has 26 heavy (non-hydrogen) atoms. The molecule has 2 fully saturated rings. The molecule has 1 aromatic heterocycles. The van der Waals surface area contributed by atoms with E-state index in [1.54, 1.807) is 0 Å². The molecule has 5 heteroatoms. The van der Waals surface area contributed by atoms with Crippen LogP contribution in [0.15, 0.2) is 42.7 Å². The highest BCUT2D eigenvalue weighted by molar-refractivity contribution is 5.49. The van der Waals surface area contributed by atoms with Crippen LogP contribution in [0, 0.1) is 11.2 Å². The van der Waals surface area contributed by atoms with E-state index >= 15 is 0 Å². The Balaban J connectivity index is 1.45. The van der Waals surface area contributed by atoms with Gasteiger partial charge in [0.05, 0.1) is 6.54 Å². The van der Waals surface area contributed by atoms with E-state index in [4.69, 9.17) is 0 Å². The van der Waals surface area contributed by atoms with Crippen molar-refractivity contribution in [3.63, 3.8) is 0 Å². The van der Waals surface area contributed by atoms with Crippen molar-refractivity contribution >= 4 is 6.08 Å². The summed E-state index contributed by atoms with van der Waals surface area (Å²) in [6.45, 7) is 4.04. The second kappa shape index (κ2) is 7.33. The van der Waals surface area contributed by atoms with Crippen molar-refractivity contribution in [1.29, 1.82) is 0 Å². The van der Waals surface area contributed by atoms with Crippen molar-refractivity contribution in [2.24, 2.45) is 12.5 Å². The summed E-state index contributed by atoms with van der Waals surface area (Å²) >= 11 is 0. The number of aryl methyl sites for hydroxylation is 1. The van der Waals surface area contributed by atoms with Crippen molar-refractivity contribution in [2.75, 3.05) is 19.6 Å². The maximum atomic E-state index is 13.1. The van der Waals surface area contributed by atoms with Crippen molar-refractivity contribution in [1.82, 2.24) is 19.8 Å². The summed E-state index contributed by atoms with van der Waals surface area (Å²) in [6, 6.07) is 7.30. The normalized spacial score (nSPS) is 21.7. The van der Waals surface area contributed by atoms with E-state index in [2.05, 4.69) is 39.0 Å². The lowest BCUT2D eigenvalue weighted by molar-refractivity contribution is 0.207. The first-order valence-corrected chi connectivity index (χ1v) is 9.49. The lowest BCUT2D eigenvalue weighted by Crippen LogP contribution is -2.36. The van der Waals surface area contributed by atoms with Crippen LogP contribution in [-0.2, 0) is 13.6 Å². The van der Waals surface area contributed by atoms with Gasteiger partial charge in [-0.3, -0.25) is 4.90 Å². The molecule has 1 unspecified atom stereocenters. The third-order valence-electron chi connectivity index (χ3n) is 5.97. The summed E-state index contributed by atoms with van der Waals surface area (Å²) in [6.07, 6.45) is 12.0. The molecule has 2 aromatic rings. The van der Waals surface area contributed by atoms with E-state index in [1.807, 2.05) is 24.5 Å². The summed E-state index contributed by atoms with van der Waals surface area (Å²) in [5.74, 6) is 0.917. The Kier molecular flexibility index (Phi) is 4.92. The molecule has 1 aliphatic heterocycles. The molecule has 1 saturated heterocycles. The summed E-state index contributed by atoms with van der Waals surface area (Å²) in [5.41, 5.74) is 1.54. The Bertz CT molecular complexity index is 759. The quantitative estimate of drug-likeness (QED) is 0.865. The molecule has 4 nitrogen and oxygen atoms in total. The van der Waals surface area contributed by atoms with Gasteiger partial charge in [0.25, 0.3) is 0 Å². The second-order valence-corrected chi connectivity index (χ2v) is 7.67. The zero-order valence-electron chi connectivity index (χ0n) is 15.4. The molecule has 4 rings (SSSR count). The van der Waals surface area contributed by atoms with Gasteiger partial charge < -0.3 is 9.88 Å². The summed E-state index contributed by atoms with van der Waals surface area (Å²) in [4.78, 5) is 7.08. The monoisotopic (exact) mass is 354 g/mol. The van der Waals surface area contributed by atoms with Gasteiger partial charge in [0.2, 0.25) is 0 Å². The van der Waals surface area contributed by atoms with Crippen LogP contribution in [-0.4, -0.2) is 40.1 Å². The molecular weight excluding hydrogens is 327 g/mol. The standard InChI is InChI=1S/C21H27FN4/c1-25-14-12-24-20(25)16-26(19-15-21(19)8-10-23-11-9-21)13-2-3-17-4-6-18(22)7-5-17/h2-7,12,14,19,23H,8-11,13,15-16H2,1H3/b3-2-. The Hall–Kier alpha value is -1.98. The lowest BCUT2D eigenvalue weighted by atomic mass is 9.93. The minimum atomic E-state index is -0.190.